The van der Waals surface area contributed by atoms with Crippen molar-refractivity contribution in [1.29, 1.82) is 0 Å². The molecule has 0 aliphatic heterocycles. The Balaban J connectivity index is 2.77. The molecule has 1 aromatic rings. The van der Waals surface area contributed by atoms with Gasteiger partial charge in [0, 0.05) is 20.1 Å². The molecule has 0 aliphatic rings. The SMILES string of the molecule is C=CCC(=C)c1ccc(OC)c(OCCCOC)c1. The lowest BCUT2D eigenvalue weighted by molar-refractivity contribution is 0.170. The highest BCUT2D eigenvalue weighted by atomic mass is 16.5. The second kappa shape index (κ2) is 8.38. The second-order valence-electron chi connectivity index (χ2n) is 4.16. The first-order chi connectivity index (χ1) is 9.22. The van der Waals surface area contributed by atoms with Gasteiger partial charge in [0.25, 0.3) is 0 Å². The van der Waals surface area contributed by atoms with Crippen LogP contribution in [0.15, 0.2) is 37.4 Å². The molecule has 0 radical (unpaired) electrons. The summed E-state index contributed by atoms with van der Waals surface area (Å²) >= 11 is 0. The summed E-state index contributed by atoms with van der Waals surface area (Å²) in [6, 6.07) is 5.83. The van der Waals surface area contributed by atoms with E-state index in [4.69, 9.17) is 14.2 Å². The summed E-state index contributed by atoms with van der Waals surface area (Å²) < 4.78 is 16.0. The highest BCUT2D eigenvalue weighted by molar-refractivity contribution is 5.67. The molecule has 3 heteroatoms. The Bertz CT molecular complexity index is 424. The molecule has 0 aromatic heterocycles. The molecule has 1 aromatic carbocycles. The van der Waals surface area contributed by atoms with E-state index in [0.29, 0.717) is 13.2 Å². The average molecular weight is 262 g/mol. The maximum Gasteiger partial charge on any atom is 0.161 e. The third-order valence-electron chi connectivity index (χ3n) is 2.71. The zero-order chi connectivity index (χ0) is 14.1. The van der Waals surface area contributed by atoms with Gasteiger partial charge in [0.15, 0.2) is 11.5 Å². The summed E-state index contributed by atoms with van der Waals surface area (Å²) in [6.45, 7) is 9.04. The van der Waals surface area contributed by atoms with Crippen LogP contribution >= 0.6 is 0 Å². The molecular weight excluding hydrogens is 240 g/mol. The first kappa shape index (κ1) is 15.3. The van der Waals surface area contributed by atoms with Gasteiger partial charge in [-0.1, -0.05) is 18.7 Å². The summed E-state index contributed by atoms with van der Waals surface area (Å²) in [6.07, 6.45) is 3.44. The van der Waals surface area contributed by atoms with E-state index in [9.17, 15) is 0 Å². The van der Waals surface area contributed by atoms with Gasteiger partial charge < -0.3 is 14.2 Å². The molecule has 0 bridgehead atoms. The Hall–Kier alpha value is -1.74. The Morgan fingerprint density at radius 3 is 2.63 bits per heavy atom. The van der Waals surface area contributed by atoms with Crippen molar-refractivity contribution in [2.45, 2.75) is 12.8 Å². The molecule has 0 saturated carbocycles. The molecule has 0 unspecified atom stereocenters. The third-order valence-corrected chi connectivity index (χ3v) is 2.71. The summed E-state index contributed by atoms with van der Waals surface area (Å²) in [7, 11) is 3.32. The van der Waals surface area contributed by atoms with Gasteiger partial charge in [-0.25, -0.2) is 0 Å². The molecule has 3 nitrogen and oxygen atoms in total. The molecule has 0 atom stereocenters. The fraction of sp³-hybridized carbons (Fsp3) is 0.375. The summed E-state index contributed by atoms with van der Waals surface area (Å²) in [5.41, 5.74) is 2.06. The van der Waals surface area contributed by atoms with Crippen molar-refractivity contribution in [2.75, 3.05) is 27.4 Å². The number of rotatable bonds is 9. The molecule has 19 heavy (non-hydrogen) atoms. The van der Waals surface area contributed by atoms with E-state index in [1.165, 1.54) is 0 Å². The van der Waals surface area contributed by atoms with Crippen LogP contribution in [0.1, 0.15) is 18.4 Å². The monoisotopic (exact) mass is 262 g/mol. The Morgan fingerprint density at radius 2 is 2.00 bits per heavy atom. The standard InChI is InChI=1S/C16H22O3/c1-5-7-13(2)14-8-9-15(18-4)16(12-14)19-11-6-10-17-3/h5,8-9,12H,1-2,6-7,10-11H2,3-4H3. The minimum Gasteiger partial charge on any atom is -0.493 e. The first-order valence-corrected chi connectivity index (χ1v) is 6.31. The van der Waals surface area contributed by atoms with E-state index in [0.717, 1.165) is 35.5 Å². The normalized spacial score (nSPS) is 10.0. The van der Waals surface area contributed by atoms with E-state index in [-0.39, 0.29) is 0 Å². The van der Waals surface area contributed by atoms with Gasteiger partial charge >= 0.3 is 0 Å². The van der Waals surface area contributed by atoms with Crippen LogP contribution in [0.25, 0.3) is 5.57 Å². The number of hydrogen-bond donors (Lipinski definition) is 0. The van der Waals surface area contributed by atoms with Crippen LogP contribution in [0.4, 0.5) is 0 Å². The predicted octanol–water partition coefficient (Wildman–Crippen LogP) is 3.70. The first-order valence-electron chi connectivity index (χ1n) is 6.31. The molecule has 0 amide bonds. The van der Waals surface area contributed by atoms with Crippen LogP contribution in [0.3, 0.4) is 0 Å². The van der Waals surface area contributed by atoms with E-state index in [1.807, 2.05) is 24.3 Å². The maximum absolute atomic E-state index is 5.73. The van der Waals surface area contributed by atoms with Crippen LogP contribution in [0.5, 0.6) is 11.5 Å². The largest absolute Gasteiger partial charge is 0.493 e. The molecule has 0 saturated heterocycles. The molecule has 104 valence electrons. The van der Waals surface area contributed by atoms with Gasteiger partial charge in [0.1, 0.15) is 0 Å². The van der Waals surface area contributed by atoms with Crippen molar-refractivity contribution < 1.29 is 14.2 Å². The van der Waals surface area contributed by atoms with Gasteiger partial charge in [0.2, 0.25) is 0 Å². The van der Waals surface area contributed by atoms with Crippen LogP contribution in [0, 0.1) is 0 Å². The number of allylic oxidation sites excluding steroid dienone is 2. The fourth-order valence-corrected chi connectivity index (χ4v) is 1.69. The maximum atomic E-state index is 5.73. The van der Waals surface area contributed by atoms with E-state index < -0.39 is 0 Å². The fourth-order valence-electron chi connectivity index (χ4n) is 1.69. The van der Waals surface area contributed by atoms with Crippen LogP contribution in [0.2, 0.25) is 0 Å². The lowest BCUT2D eigenvalue weighted by atomic mass is 10.0. The molecule has 0 heterocycles. The smallest absolute Gasteiger partial charge is 0.161 e. The number of benzene rings is 1. The van der Waals surface area contributed by atoms with Crippen molar-refractivity contribution >= 4 is 5.57 Å². The average Bonchev–Trinajstić information content (AvgIpc) is 2.43. The summed E-state index contributed by atoms with van der Waals surface area (Å²) in [5, 5.41) is 0. The van der Waals surface area contributed by atoms with Gasteiger partial charge in [-0.2, -0.15) is 0 Å². The van der Waals surface area contributed by atoms with Crippen molar-refractivity contribution in [2.24, 2.45) is 0 Å². The van der Waals surface area contributed by atoms with Crippen molar-refractivity contribution in [3.63, 3.8) is 0 Å². The van der Waals surface area contributed by atoms with Crippen molar-refractivity contribution in [3.05, 3.63) is 43.0 Å². The highest BCUT2D eigenvalue weighted by Gasteiger charge is 2.07. The highest BCUT2D eigenvalue weighted by Crippen LogP contribution is 2.31. The lowest BCUT2D eigenvalue weighted by Crippen LogP contribution is -2.03. The van der Waals surface area contributed by atoms with E-state index in [1.54, 1.807) is 14.2 Å². The topological polar surface area (TPSA) is 27.7 Å². The van der Waals surface area contributed by atoms with Crippen LogP contribution in [-0.2, 0) is 4.74 Å². The third kappa shape index (κ3) is 4.79. The second-order valence-corrected chi connectivity index (χ2v) is 4.16. The van der Waals surface area contributed by atoms with Gasteiger partial charge in [-0.05, 0) is 29.7 Å². The quantitative estimate of drug-likeness (QED) is 0.501. The number of ether oxygens (including phenoxy) is 3. The van der Waals surface area contributed by atoms with E-state index in [2.05, 4.69) is 13.2 Å². The zero-order valence-electron chi connectivity index (χ0n) is 11.8. The van der Waals surface area contributed by atoms with Crippen molar-refractivity contribution in [3.8, 4) is 11.5 Å². The molecule has 1 rings (SSSR count). The Labute approximate surface area is 115 Å². The minimum atomic E-state index is 0.599. The predicted molar refractivity (Wildman–Crippen MR) is 78.8 cm³/mol. The van der Waals surface area contributed by atoms with Gasteiger partial charge in [0.05, 0.1) is 13.7 Å². The van der Waals surface area contributed by atoms with Crippen LogP contribution < -0.4 is 9.47 Å². The number of methoxy groups -OCH3 is 2. The number of hydrogen-bond acceptors (Lipinski definition) is 3. The van der Waals surface area contributed by atoms with Crippen LogP contribution in [-0.4, -0.2) is 27.4 Å². The molecule has 0 N–H and O–H groups in total. The van der Waals surface area contributed by atoms with Gasteiger partial charge in [-0.15, -0.1) is 6.58 Å². The summed E-state index contributed by atoms with van der Waals surface area (Å²) in [4.78, 5) is 0. The molecule has 0 fully saturated rings. The Kier molecular flexibility index (Phi) is 6.75. The summed E-state index contributed by atoms with van der Waals surface area (Å²) in [5.74, 6) is 1.47. The molecule has 0 aliphatic carbocycles. The molecular formula is C16H22O3. The molecule has 0 spiro atoms. The Morgan fingerprint density at radius 1 is 1.21 bits per heavy atom. The lowest BCUT2D eigenvalue weighted by Gasteiger charge is -2.13. The van der Waals surface area contributed by atoms with E-state index >= 15 is 0 Å². The minimum absolute atomic E-state index is 0.599. The zero-order valence-corrected chi connectivity index (χ0v) is 11.8. The van der Waals surface area contributed by atoms with Gasteiger partial charge in [-0.3, -0.25) is 0 Å². The van der Waals surface area contributed by atoms with Crippen molar-refractivity contribution in [1.82, 2.24) is 0 Å².